The highest BCUT2D eigenvalue weighted by molar-refractivity contribution is 6.12. The fourth-order valence-electron chi connectivity index (χ4n) is 8.37. The molecule has 0 atom stereocenters. The summed E-state index contributed by atoms with van der Waals surface area (Å²) < 4.78 is 0. The summed E-state index contributed by atoms with van der Waals surface area (Å²) in [6.07, 6.45) is 7.29. The number of rotatable bonds is 5. The topological polar surface area (TPSA) is 103 Å². The number of benzene rings is 6. The number of nitrogens with zero attached hydrogens (tertiary/aromatic N) is 8. The van der Waals surface area contributed by atoms with Gasteiger partial charge in [-0.2, -0.15) is 0 Å². The van der Waals surface area contributed by atoms with E-state index in [1.54, 1.807) is 0 Å². The van der Waals surface area contributed by atoms with Crippen molar-refractivity contribution in [3.63, 3.8) is 0 Å². The van der Waals surface area contributed by atoms with Gasteiger partial charge in [-0.25, -0.2) is 19.9 Å². The van der Waals surface area contributed by atoms with Crippen LogP contribution in [-0.2, 0) is 0 Å². The highest BCUT2D eigenvalue weighted by atomic mass is 15.0. The van der Waals surface area contributed by atoms with E-state index in [1.165, 1.54) is 0 Å². The first-order chi connectivity index (χ1) is 29.7. The molecule has 0 spiro atoms. The first-order valence-electron chi connectivity index (χ1n) is 19.7. The van der Waals surface area contributed by atoms with Crippen LogP contribution in [0.5, 0.6) is 0 Å². The van der Waals surface area contributed by atoms with Crippen molar-refractivity contribution in [1.82, 2.24) is 39.9 Å². The van der Waals surface area contributed by atoms with Gasteiger partial charge in [0.25, 0.3) is 0 Å². The Bertz CT molecular complexity index is 3540. The molecule has 60 heavy (non-hydrogen) atoms. The van der Waals surface area contributed by atoms with E-state index in [2.05, 4.69) is 72.8 Å². The second-order valence-electron chi connectivity index (χ2n) is 14.9. The predicted molar refractivity (Wildman–Crippen MR) is 241 cm³/mol. The van der Waals surface area contributed by atoms with Crippen molar-refractivity contribution in [3.05, 3.63) is 183 Å². The molecule has 0 saturated heterocycles. The summed E-state index contributed by atoms with van der Waals surface area (Å²) in [5, 5.41) is 6.09. The number of pyridine rings is 5. The van der Waals surface area contributed by atoms with Crippen molar-refractivity contribution in [1.29, 1.82) is 0 Å². The van der Waals surface area contributed by atoms with Gasteiger partial charge in [0.15, 0.2) is 17.5 Å². The minimum atomic E-state index is 0.549. The highest BCUT2D eigenvalue weighted by Crippen LogP contribution is 2.41. The lowest BCUT2D eigenvalue weighted by molar-refractivity contribution is 1.07. The number of aromatic nitrogens is 8. The normalized spacial score (nSPS) is 11.7. The van der Waals surface area contributed by atoms with E-state index < -0.39 is 0 Å². The molecule has 12 rings (SSSR count). The fraction of sp³-hybridized carbons (Fsp3) is 0. The third-order valence-electron chi connectivity index (χ3n) is 11.2. The van der Waals surface area contributed by atoms with Crippen molar-refractivity contribution < 1.29 is 0 Å². The minimum Gasteiger partial charge on any atom is -0.254 e. The van der Waals surface area contributed by atoms with E-state index in [-0.39, 0.29) is 0 Å². The van der Waals surface area contributed by atoms with Crippen LogP contribution in [0, 0.1) is 0 Å². The van der Waals surface area contributed by atoms with Gasteiger partial charge < -0.3 is 0 Å². The Morgan fingerprint density at radius 2 is 0.767 bits per heavy atom. The lowest BCUT2D eigenvalue weighted by Crippen LogP contribution is -2.01. The Morgan fingerprint density at radius 3 is 1.42 bits per heavy atom. The molecule has 0 N–H and O–H groups in total. The average Bonchev–Trinajstić information content (AvgIpc) is 3.32. The molecule has 8 nitrogen and oxygen atoms in total. The molecule has 12 aromatic rings. The maximum atomic E-state index is 5.28. The second-order valence-corrected chi connectivity index (χ2v) is 14.9. The summed E-state index contributed by atoms with van der Waals surface area (Å²) in [6.45, 7) is 0. The van der Waals surface area contributed by atoms with Gasteiger partial charge in [0.05, 0.1) is 33.1 Å². The Hall–Kier alpha value is -8.36. The first kappa shape index (κ1) is 33.7. The molecule has 0 aliphatic carbocycles. The molecule has 0 aliphatic rings. The molecule has 6 heterocycles. The average molecular weight is 767 g/mol. The molecule has 8 heteroatoms. The number of hydrogen-bond acceptors (Lipinski definition) is 8. The molecule has 6 aromatic carbocycles. The molecule has 0 amide bonds. The monoisotopic (exact) mass is 766 g/mol. The van der Waals surface area contributed by atoms with Crippen LogP contribution in [0.4, 0.5) is 0 Å². The maximum Gasteiger partial charge on any atom is 0.164 e. The summed E-state index contributed by atoms with van der Waals surface area (Å²) in [5.41, 5.74) is 11.9. The summed E-state index contributed by atoms with van der Waals surface area (Å²) in [4.78, 5) is 39.7. The lowest BCUT2D eigenvalue weighted by Gasteiger charge is -2.16. The van der Waals surface area contributed by atoms with Gasteiger partial charge in [-0.1, -0.05) is 72.8 Å². The molecule has 0 saturated carbocycles. The molecule has 0 aliphatic heterocycles. The summed E-state index contributed by atoms with van der Waals surface area (Å²) >= 11 is 0. The van der Waals surface area contributed by atoms with Crippen LogP contribution in [0.2, 0.25) is 0 Å². The van der Waals surface area contributed by atoms with Crippen LogP contribution in [0.1, 0.15) is 0 Å². The van der Waals surface area contributed by atoms with Crippen molar-refractivity contribution in [2.45, 2.75) is 0 Å². The van der Waals surface area contributed by atoms with Crippen LogP contribution >= 0.6 is 0 Å². The smallest absolute Gasteiger partial charge is 0.164 e. The molecular weight excluding hydrogens is 737 g/mol. The van der Waals surface area contributed by atoms with Gasteiger partial charge in [-0.15, -0.1) is 0 Å². The number of fused-ring (bicyclic) bond motifs is 8. The zero-order chi connectivity index (χ0) is 39.6. The van der Waals surface area contributed by atoms with E-state index in [1.807, 2.05) is 110 Å². The lowest BCUT2D eigenvalue weighted by atomic mass is 9.91. The van der Waals surface area contributed by atoms with Gasteiger partial charge >= 0.3 is 0 Å². The van der Waals surface area contributed by atoms with E-state index in [0.29, 0.717) is 17.5 Å². The van der Waals surface area contributed by atoms with E-state index in [9.17, 15) is 0 Å². The molecule has 0 unspecified atom stereocenters. The number of hydrogen-bond donors (Lipinski definition) is 0. The van der Waals surface area contributed by atoms with Crippen LogP contribution in [-0.4, -0.2) is 39.9 Å². The third kappa shape index (κ3) is 5.69. The molecule has 6 aromatic heterocycles. The maximum absolute atomic E-state index is 5.28. The number of para-hydroxylation sites is 1. The SMILES string of the molecule is c1ccc(-c2nc(-c3cc(-c4cc5cccnc5c5ncccc45)cc(-c4cc5cccnc5c5ncccc45)c3)nc(-c3ccc4nc5ccccc5cc4c3)n2)cc1. The standard InChI is InChI=1S/C52H30N8/c1-2-10-31(11-3-1)50-58-51(35-18-19-45-38(25-35)24-32-12-4-5-17-44(32)57-45)60-52(59-50)39-27-36(42-29-33-13-6-20-53-46(33)48-40(42)15-8-22-55-48)26-37(28-39)43-30-34-14-7-21-54-47(34)49-41(43)16-9-23-56-49/h1-30H. The Kier molecular flexibility index (Phi) is 7.67. The van der Waals surface area contributed by atoms with Crippen molar-refractivity contribution in [2.75, 3.05) is 0 Å². The van der Waals surface area contributed by atoms with Crippen molar-refractivity contribution in [2.24, 2.45) is 0 Å². The summed E-state index contributed by atoms with van der Waals surface area (Å²) in [5.74, 6) is 1.70. The van der Waals surface area contributed by atoms with E-state index in [4.69, 9.17) is 39.9 Å². The van der Waals surface area contributed by atoms with Gasteiger partial charge in [-0.05, 0) is 107 Å². The first-order valence-corrected chi connectivity index (χ1v) is 19.7. The molecule has 0 radical (unpaired) electrons. The Morgan fingerprint density at radius 1 is 0.267 bits per heavy atom. The highest BCUT2D eigenvalue weighted by Gasteiger charge is 2.19. The third-order valence-corrected chi connectivity index (χ3v) is 11.2. The minimum absolute atomic E-state index is 0.549. The van der Waals surface area contributed by atoms with Crippen LogP contribution < -0.4 is 0 Å². The quantitative estimate of drug-likeness (QED) is 0.126. The predicted octanol–water partition coefficient (Wildman–Crippen LogP) is 12.1. The molecular formula is C52H30N8. The Labute approximate surface area is 343 Å². The van der Waals surface area contributed by atoms with Crippen molar-refractivity contribution >= 4 is 65.4 Å². The largest absolute Gasteiger partial charge is 0.254 e. The molecule has 0 bridgehead atoms. The Balaban J connectivity index is 1.14. The van der Waals surface area contributed by atoms with E-state index >= 15 is 0 Å². The van der Waals surface area contributed by atoms with Crippen LogP contribution in [0.3, 0.4) is 0 Å². The van der Waals surface area contributed by atoms with E-state index in [0.717, 1.165) is 104 Å². The van der Waals surface area contributed by atoms with Gasteiger partial charge in [0, 0.05) is 73.8 Å². The summed E-state index contributed by atoms with van der Waals surface area (Å²) in [6, 6.07) is 54.0. The van der Waals surface area contributed by atoms with Gasteiger partial charge in [0.2, 0.25) is 0 Å². The summed E-state index contributed by atoms with van der Waals surface area (Å²) in [7, 11) is 0. The van der Waals surface area contributed by atoms with Gasteiger partial charge in [0.1, 0.15) is 0 Å². The zero-order valence-electron chi connectivity index (χ0n) is 31.9. The fourth-order valence-corrected chi connectivity index (χ4v) is 8.37. The molecule has 278 valence electrons. The van der Waals surface area contributed by atoms with Gasteiger partial charge in [-0.3, -0.25) is 19.9 Å². The second kappa shape index (κ2) is 13.6. The van der Waals surface area contributed by atoms with Crippen LogP contribution in [0.25, 0.3) is 122 Å². The van der Waals surface area contributed by atoms with Crippen molar-refractivity contribution in [3.8, 4) is 56.4 Å². The van der Waals surface area contributed by atoms with Crippen LogP contribution in [0.15, 0.2) is 183 Å². The molecule has 0 fully saturated rings. The zero-order valence-corrected chi connectivity index (χ0v) is 31.9.